The summed E-state index contributed by atoms with van der Waals surface area (Å²) in [5.74, 6) is 0.423. The van der Waals surface area contributed by atoms with E-state index >= 15 is 0 Å². The third kappa shape index (κ3) is 3.10. The van der Waals surface area contributed by atoms with E-state index in [0.717, 1.165) is 22.2 Å². The number of carbonyl (C=O) groups excluding carboxylic acids is 1. The molecule has 0 unspecified atom stereocenters. The van der Waals surface area contributed by atoms with Crippen molar-refractivity contribution in [1.82, 2.24) is 0 Å². The van der Waals surface area contributed by atoms with Crippen molar-refractivity contribution < 1.29 is 14.3 Å². The molecule has 0 radical (unpaired) electrons. The van der Waals surface area contributed by atoms with Crippen molar-refractivity contribution in [2.45, 2.75) is 0 Å². The molecule has 120 valence electrons. The summed E-state index contributed by atoms with van der Waals surface area (Å²) < 4.78 is 10.0. The van der Waals surface area contributed by atoms with Crippen LogP contribution in [-0.2, 0) is 4.74 Å². The zero-order chi connectivity index (χ0) is 16.9. The summed E-state index contributed by atoms with van der Waals surface area (Å²) >= 11 is 0. The fourth-order valence-corrected chi connectivity index (χ4v) is 2.41. The molecule has 0 aliphatic rings. The van der Waals surface area contributed by atoms with Crippen LogP contribution in [0.15, 0.2) is 70.9 Å². The largest absolute Gasteiger partial charge is 0.496 e. The Balaban J connectivity index is 1.92. The molecule has 3 aromatic carbocycles. The van der Waals surface area contributed by atoms with Gasteiger partial charge in [0.1, 0.15) is 5.75 Å². The number of rotatable bonds is 4. The van der Waals surface area contributed by atoms with Gasteiger partial charge in [-0.25, -0.2) is 4.79 Å². The predicted molar refractivity (Wildman–Crippen MR) is 92.5 cm³/mol. The van der Waals surface area contributed by atoms with Crippen LogP contribution in [0.25, 0.3) is 10.8 Å². The number of nitrogens with zero attached hydrogens (tertiary/aromatic N) is 2. The van der Waals surface area contributed by atoms with Gasteiger partial charge < -0.3 is 9.47 Å². The molecule has 0 aromatic heterocycles. The molecule has 0 spiro atoms. The van der Waals surface area contributed by atoms with Gasteiger partial charge in [-0.3, -0.25) is 0 Å². The summed E-state index contributed by atoms with van der Waals surface area (Å²) in [6.45, 7) is 0. The Morgan fingerprint density at radius 1 is 0.833 bits per heavy atom. The van der Waals surface area contributed by atoms with E-state index in [9.17, 15) is 4.79 Å². The van der Waals surface area contributed by atoms with Crippen molar-refractivity contribution >= 4 is 28.1 Å². The van der Waals surface area contributed by atoms with E-state index in [4.69, 9.17) is 4.74 Å². The second-order valence-electron chi connectivity index (χ2n) is 5.07. The van der Waals surface area contributed by atoms with Crippen molar-refractivity contribution in [3.8, 4) is 5.75 Å². The van der Waals surface area contributed by atoms with Crippen molar-refractivity contribution in [1.29, 1.82) is 0 Å². The average molecular weight is 320 g/mol. The van der Waals surface area contributed by atoms with Gasteiger partial charge in [-0.05, 0) is 36.4 Å². The number of fused-ring (bicyclic) bond motifs is 1. The maximum atomic E-state index is 11.4. The molecule has 0 aliphatic carbocycles. The summed E-state index contributed by atoms with van der Waals surface area (Å²) in [5.41, 5.74) is 1.89. The normalized spacial score (nSPS) is 10.9. The predicted octanol–water partition coefficient (Wildman–Crippen LogP) is 5.05. The van der Waals surface area contributed by atoms with Crippen LogP contribution in [-0.4, -0.2) is 20.2 Å². The molecule has 5 heteroatoms. The second-order valence-corrected chi connectivity index (χ2v) is 5.07. The lowest BCUT2D eigenvalue weighted by molar-refractivity contribution is 0.0601. The van der Waals surface area contributed by atoms with Crippen molar-refractivity contribution in [2.75, 3.05) is 14.2 Å². The molecule has 0 saturated heterocycles. The zero-order valence-electron chi connectivity index (χ0n) is 13.4. The maximum Gasteiger partial charge on any atom is 0.337 e. The van der Waals surface area contributed by atoms with E-state index in [1.807, 2.05) is 36.4 Å². The molecular formula is C19H16N2O3. The Morgan fingerprint density at radius 3 is 2.21 bits per heavy atom. The van der Waals surface area contributed by atoms with Gasteiger partial charge in [-0.15, -0.1) is 5.11 Å². The topological polar surface area (TPSA) is 60.2 Å². The van der Waals surface area contributed by atoms with Gasteiger partial charge >= 0.3 is 5.97 Å². The average Bonchev–Trinajstić information content (AvgIpc) is 2.65. The van der Waals surface area contributed by atoms with Gasteiger partial charge in [0, 0.05) is 10.8 Å². The number of benzene rings is 3. The Labute approximate surface area is 139 Å². The van der Waals surface area contributed by atoms with Gasteiger partial charge in [0.25, 0.3) is 0 Å². The van der Waals surface area contributed by atoms with Gasteiger partial charge in [-0.1, -0.05) is 24.3 Å². The Bertz CT molecular complexity index is 902. The molecule has 0 atom stereocenters. The first-order chi connectivity index (χ1) is 11.7. The SMILES string of the molecule is COC(=O)c1ccc(N=Nc2ccc(OC)c3ccccc23)cc1. The fraction of sp³-hybridized carbons (Fsp3) is 0.105. The highest BCUT2D eigenvalue weighted by Gasteiger charge is 2.06. The van der Waals surface area contributed by atoms with Gasteiger partial charge in [0.05, 0.1) is 31.2 Å². The molecule has 3 rings (SSSR count). The molecule has 0 aliphatic heterocycles. The number of hydrogen-bond acceptors (Lipinski definition) is 5. The molecule has 24 heavy (non-hydrogen) atoms. The lowest BCUT2D eigenvalue weighted by atomic mass is 10.1. The third-order valence-electron chi connectivity index (χ3n) is 3.64. The highest BCUT2D eigenvalue weighted by molar-refractivity contribution is 5.96. The summed E-state index contributed by atoms with van der Waals surface area (Å²) in [5, 5.41) is 10.5. The summed E-state index contributed by atoms with van der Waals surface area (Å²) in [4.78, 5) is 11.4. The molecule has 0 heterocycles. The van der Waals surface area contributed by atoms with E-state index in [0.29, 0.717) is 11.3 Å². The Morgan fingerprint density at radius 2 is 1.54 bits per heavy atom. The van der Waals surface area contributed by atoms with Crippen molar-refractivity contribution in [2.24, 2.45) is 10.2 Å². The second kappa shape index (κ2) is 6.91. The molecule has 0 bridgehead atoms. The molecule has 5 nitrogen and oxygen atoms in total. The number of esters is 1. The monoisotopic (exact) mass is 320 g/mol. The number of methoxy groups -OCH3 is 2. The van der Waals surface area contributed by atoms with Crippen LogP contribution in [0, 0.1) is 0 Å². The molecule has 0 N–H and O–H groups in total. The minimum absolute atomic E-state index is 0.375. The van der Waals surface area contributed by atoms with Crippen molar-refractivity contribution in [3.05, 3.63) is 66.2 Å². The van der Waals surface area contributed by atoms with Crippen molar-refractivity contribution in [3.63, 3.8) is 0 Å². The standard InChI is InChI=1S/C19H16N2O3/c1-23-18-12-11-17(15-5-3-4-6-16(15)18)21-20-14-9-7-13(8-10-14)19(22)24-2/h3-12H,1-2H3. The minimum atomic E-state index is -0.375. The van der Waals surface area contributed by atoms with Crippen LogP contribution in [0.3, 0.4) is 0 Å². The summed E-state index contributed by atoms with van der Waals surface area (Å²) in [7, 11) is 3.00. The fourth-order valence-electron chi connectivity index (χ4n) is 2.41. The quantitative estimate of drug-likeness (QED) is 0.499. The highest BCUT2D eigenvalue weighted by Crippen LogP contribution is 2.33. The van der Waals surface area contributed by atoms with E-state index in [2.05, 4.69) is 15.0 Å². The molecular weight excluding hydrogens is 304 g/mol. The lowest BCUT2D eigenvalue weighted by Gasteiger charge is -2.06. The minimum Gasteiger partial charge on any atom is -0.496 e. The van der Waals surface area contributed by atoms with Crippen LogP contribution in [0.1, 0.15) is 10.4 Å². The number of azo groups is 1. The number of carbonyl (C=O) groups is 1. The van der Waals surface area contributed by atoms with Gasteiger partial charge in [-0.2, -0.15) is 5.11 Å². The number of ether oxygens (including phenoxy) is 2. The van der Waals surface area contributed by atoms with Gasteiger partial charge in [0.15, 0.2) is 0 Å². The van der Waals surface area contributed by atoms with E-state index in [1.165, 1.54) is 7.11 Å². The summed E-state index contributed by atoms with van der Waals surface area (Å²) in [6.07, 6.45) is 0. The number of hydrogen-bond donors (Lipinski definition) is 0. The van der Waals surface area contributed by atoms with Crippen LogP contribution < -0.4 is 4.74 Å². The van der Waals surface area contributed by atoms with E-state index in [-0.39, 0.29) is 5.97 Å². The van der Waals surface area contributed by atoms with Gasteiger partial charge in [0.2, 0.25) is 0 Å². The first-order valence-corrected chi connectivity index (χ1v) is 7.39. The Kier molecular flexibility index (Phi) is 4.52. The smallest absolute Gasteiger partial charge is 0.337 e. The maximum absolute atomic E-state index is 11.4. The summed E-state index contributed by atoms with van der Waals surface area (Å²) in [6, 6.07) is 18.4. The van der Waals surface area contributed by atoms with Crippen LogP contribution in [0.4, 0.5) is 11.4 Å². The van der Waals surface area contributed by atoms with Crippen LogP contribution >= 0.6 is 0 Å². The lowest BCUT2D eigenvalue weighted by Crippen LogP contribution is -1.99. The Hall–Kier alpha value is -3.21. The highest BCUT2D eigenvalue weighted by atomic mass is 16.5. The zero-order valence-corrected chi connectivity index (χ0v) is 13.4. The first-order valence-electron chi connectivity index (χ1n) is 7.39. The van der Waals surface area contributed by atoms with Crippen LogP contribution in [0.5, 0.6) is 5.75 Å². The molecule has 0 fully saturated rings. The molecule has 0 amide bonds. The first kappa shape index (κ1) is 15.7. The molecule has 3 aromatic rings. The van der Waals surface area contributed by atoms with Crippen LogP contribution in [0.2, 0.25) is 0 Å². The van der Waals surface area contributed by atoms with E-state index < -0.39 is 0 Å². The third-order valence-corrected chi connectivity index (χ3v) is 3.64. The van der Waals surface area contributed by atoms with E-state index in [1.54, 1.807) is 31.4 Å². The molecule has 0 saturated carbocycles.